The van der Waals surface area contributed by atoms with Gasteiger partial charge >= 0.3 is 0 Å². The molecule has 10 heteroatoms. The second-order valence-electron chi connectivity index (χ2n) is 6.66. The molecule has 1 atom stereocenters. The Kier molecular flexibility index (Phi) is 9.13. The zero-order chi connectivity index (χ0) is 22.8. The number of amides is 2. The molecule has 0 fully saturated rings. The number of benzene rings is 2. The van der Waals surface area contributed by atoms with Crippen molar-refractivity contribution in [1.82, 2.24) is 10.6 Å². The van der Waals surface area contributed by atoms with E-state index in [1.165, 1.54) is 24.3 Å². The Labute approximate surface area is 177 Å². The topological polar surface area (TPSA) is 96.9 Å². The van der Waals surface area contributed by atoms with Gasteiger partial charge in [-0.1, -0.05) is 0 Å². The van der Waals surface area contributed by atoms with E-state index in [1.807, 2.05) is 0 Å². The van der Waals surface area contributed by atoms with Gasteiger partial charge in [0.15, 0.2) is 24.8 Å². The van der Waals surface area contributed by atoms with Crippen LogP contribution in [0.15, 0.2) is 36.4 Å². The van der Waals surface area contributed by atoms with Crippen LogP contribution in [0.5, 0.6) is 11.5 Å². The number of aliphatic hydroxyl groups is 1. The van der Waals surface area contributed by atoms with Crippen molar-refractivity contribution in [3.63, 3.8) is 0 Å². The van der Waals surface area contributed by atoms with Crippen LogP contribution >= 0.6 is 0 Å². The largest absolute Gasteiger partial charge is 0.484 e. The van der Waals surface area contributed by atoms with E-state index in [1.54, 1.807) is 6.92 Å². The maximum atomic E-state index is 13.2. The quantitative estimate of drug-likeness (QED) is 0.496. The second-order valence-corrected chi connectivity index (χ2v) is 6.66. The van der Waals surface area contributed by atoms with Gasteiger partial charge < -0.3 is 25.2 Å². The molecule has 31 heavy (non-hydrogen) atoms. The highest BCUT2D eigenvalue weighted by Gasteiger charge is 2.10. The zero-order valence-corrected chi connectivity index (χ0v) is 16.8. The van der Waals surface area contributed by atoms with Crippen LogP contribution in [0.25, 0.3) is 0 Å². The Bertz CT molecular complexity index is 911. The van der Waals surface area contributed by atoms with Crippen molar-refractivity contribution in [3.05, 3.63) is 59.4 Å². The first-order chi connectivity index (χ1) is 14.7. The Balaban J connectivity index is 1.57. The van der Waals surface area contributed by atoms with E-state index < -0.39 is 36.2 Å². The minimum absolute atomic E-state index is 0.00433. The van der Waals surface area contributed by atoms with Gasteiger partial charge in [-0.2, -0.15) is 0 Å². The van der Waals surface area contributed by atoms with Crippen molar-refractivity contribution >= 4 is 11.8 Å². The number of hydrogen-bond donors (Lipinski definition) is 3. The third-order valence-corrected chi connectivity index (χ3v) is 4.09. The summed E-state index contributed by atoms with van der Waals surface area (Å²) >= 11 is 0. The summed E-state index contributed by atoms with van der Waals surface area (Å²) in [6.07, 6.45) is -0.751. The number of carbonyl (C=O) groups excluding carboxylic acids is 2. The molecule has 0 unspecified atom stereocenters. The van der Waals surface area contributed by atoms with Crippen molar-refractivity contribution in [2.75, 3.05) is 26.3 Å². The molecule has 0 aliphatic heterocycles. The fourth-order valence-electron chi connectivity index (χ4n) is 2.39. The molecule has 3 N–H and O–H groups in total. The van der Waals surface area contributed by atoms with E-state index in [0.717, 1.165) is 12.1 Å². The Morgan fingerprint density at radius 3 is 2.10 bits per heavy atom. The number of aliphatic hydroxyl groups excluding tert-OH is 1. The molecule has 2 aromatic carbocycles. The summed E-state index contributed by atoms with van der Waals surface area (Å²) in [6.45, 7) is 0.944. The molecule has 0 radical (unpaired) electrons. The van der Waals surface area contributed by atoms with E-state index >= 15 is 0 Å². The van der Waals surface area contributed by atoms with Gasteiger partial charge in [-0.25, -0.2) is 13.2 Å². The van der Waals surface area contributed by atoms with Crippen molar-refractivity contribution in [1.29, 1.82) is 0 Å². The van der Waals surface area contributed by atoms with E-state index in [2.05, 4.69) is 10.6 Å². The summed E-state index contributed by atoms with van der Waals surface area (Å²) in [5.41, 5.74) is 0.401. The van der Waals surface area contributed by atoms with Crippen LogP contribution in [0.2, 0.25) is 0 Å². The molecule has 0 aliphatic rings. The van der Waals surface area contributed by atoms with Crippen LogP contribution in [-0.2, 0) is 9.59 Å². The van der Waals surface area contributed by atoms with Gasteiger partial charge in [0.1, 0.15) is 17.3 Å². The molecular weight excluding hydrogens is 417 g/mol. The molecule has 7 nitrogen and oxygen atoms in total. The average molecular weight is 440 g/mol. The van der Waals surface area contributed by atoms with Gasteiger partial charge in [0, 0.05) is 19.2 Å². The standard InChI is InChI=1S/C21H23F3N2O5/c1-13-8-15(2-4-17(13)22)30-11-20(28)25-7-6-14(27)10-26-21(29)12-31-16-3-5-18(23)19(24)9-16/h2-5,8-9,14,27H,6-7,10-12H2,1H3,(H,25,28)(H,26,29)/t14-/m0/s1. The van der Waals surface area contributed by atoms with Crippen LogP contribution in [-0.4, -0.2) is 49.3 Å². The van der Waals surface area contributed by atoms with E-state index in [0.29, 0.717) is 11.3 Å². The predicted octanol–water partition coefficient (Wildman–Crippen LogP) is 1.85. The van der Waals surface area contributed by atoms with Crippen LogP contribution < -0.4 is 20.1 Å². The number of halogens is 3. The normalized spacial score (nSPS) is 11.5. The SMILES string of the molecule is Cc1cc(OCC(=O)NCC[C@H](O)CNC(=O)COc2ccc(F)c(F)c2)ccc1F. The van der Waals surface area contributed by atoms with Crippen molar-refractivity contribution in [2.24, 2.45) is 0 Å². The number of carbonyl (C=O) groups is 2. The molecule has 2 amide bonds. The van der Waals surface area contributed by atoms with Gasteiger partial charge in [-0.3, -0.25) is 9.59 Å². The highest BCUT2D eigenvalue weighted by molar-refractivity contribution is 5.78. The smallest absolute Gasteiger partial charge is 0.258 e. The molecular formula is C21H23F3N2O5. The maximum absolute atomic E-state index is 13.2. The Hall–Kier alpha value is -3.27. The third kappa shape index (κ3) is 8.55. The lowest BCUT2D eigenvalue weighted by Gasteiger charge is -2.13. The minimum Gasteiger partial charge on any atom is -0.484 e. The molecule has 0 aromatic heterocycles. The molecule has 0 spiro atoms. The summed E-state index contributed by atoms with van der Waals surface area (Å²) < 4.78 is 49.4. The summed E-state index contributed by atoms with van der Waals surface area (Å²) in [7, 11) is 0. The number of rotatable bonds is 11. The Morgan fingerprint density at radius 1 is 0.903 bits per heavy atom. The molecule has 0 heterocycles. The van der Waals surface area contributed by atoms with E-state index in [4.69, 9.17) is 9.47 Å². The lowest BCUT2D eigenvalue weighted by Crippen LogP contribution is -2.37. The van der Waals surface area contributed by atoms with Crippen molar-refractivity contribution in [2.45, 2.75) is 19.4 Å². The predicted molar refractivity (Wildman–Crippen MR) is 105 cm³/mol. The van der Waals surface area contributed by atoms with Gasteiger partial charge in [-0.05, 0) is 49.2 Å². The van der Waals surface area contributed by atoms with Crippen molar-refractivity contribution < 1.29 is 37.3 Å². The number of aryl methyl sites for hydroxylation is 1. The minimum atomic E-state index is -1.09. The highest BCUT2D eigenvalue weighted by atomic mass is 19.2. The lowest BCUT2D eigenvalue weighted by atomic mass is 10.2. The molecule has 0 saturated carbocycles. The second kappa shape index (κ2) is 11.8. The van der Waals surface area contributed by atoms with Crippen LogP contribution in [0, 0.1) is 24.4 Å². The molecule has 168 valence electrons. The number of hydrogen-bond acceptors (Lipinski definition) is 5. The molecule has 2 aromatic rings. The third-order valence-electron chi connectivity index (χ3n) is 4.09. The molecule has 2 rings (SSSR count). The van der Waals surface area contributed by atoms with Gasteiger partial charge in [-0.15, -0.1) is 0 Å². The first-order valence-corrected chi connectivity index (χ1v) is 9.43. The average Bonchev–Trinajstić information content (AvgIpc) is 2.74. The summed E-state index contributed by atoms with van der Waals surface area (Å²) in [5.74, 6) is -3.10. The Morgan fingerprint density at radius 2 is 1.48 bits per heavy atom. The van der Waals surface area contributed by atoms with Crippen LogP contribution in [0.3, 0.4) is 0 Å². The van der Waals surface area contributed by atoms with Crippen molar-refractivity contribution in [3.8, 4) is 11.5 Å². The van der Waals surface area contributed by atoms with Gasteiger partial charge in [0.05, 0.1) is 6.10 Å². The lowest BCUT2D eigenvalue weighted by molar-refractivity contribution is -0.124. The van der Waals surface area contributed by atoms with Gasteiger partial charge in [0.25, 0.3) is 11.8 Å². The van der Waals surface area contributed by atoms with Crippen LogP contribution in [0.1, 0.15) is 12.0 Å². The summed E-state index contributed by atoms with van der Waals surface area (Å²) in [4.78, 5) is 23.4. The van der Waals surface area contributed by atoms with E-state index in [-0.39, 0.29) is 37.7 Å². The monoisotopic (exact) mass is 440 g/mol. The fourth-order valence-corrected chi connectivity index (χ4v) is 2.39. The first kappa shape index (κ1) is 24.0. The molecule has 0 saturated heterocycles. The highest BCUT2D eigenvalue weighted by Crippen LogP contribution is 2.16. The molecule has 0 aliphatic carbocycles. The number of nitrogens with one attached hydrogen (secondary N) is 2. The summed E-state index contributed by atoms with van der Waals surface area (Å²) in [6, 6.07) is 7.03. The first-order valence-electron chi connectivity index (χ1n) is 9.43. The van der Waals surface area contributed by atoms with Crippen LogP contribution in [0.4, 0.5) is 13.2 Å². The van der Waals surface area contributed by atoms with E-state index in [9.17, 15) is 27.9 Å². The fraction of sp³-hybridized carbons (Fsp3) is 0.333. The van der Waals surface area contributed by atoms with Gasteiger partial charge in [0.2, 0.25) is 0 Å². The maximum Gasteiger partial charge on any atom is 0.258 e. The molecule has 0 bridgehead atoms. The zero-order valence-electron chi connectivity index (χ0n) is 16.8. The summed E-state index contributed by atoms with van der Waals surface area (Å²) in [5, 5.41) is 14.8. The number of ether oxygens (including phenoxy) is 2.